The molecule has 3 aliphatic rings. The Morgan fingerprint density at radius 1 is 0.810 bits per heavy atom. The third-order valence-corrected chi connectivity index (χ3v) is 16.7. The molecule has 84 heavy (non-hydrogen) atoms. The molecule has 444 valence electrons. The number of carbonyl (C=O) groups excluding carboxylic acids is 6. The zero-order chi connectivity index (χ0) is 59.5. The summed E-state index contributed by atoms with van der Waals surface area (Å²) in [5, 5.41) is 31.8. The first-order valence-electron chi connectivity index (χ1n) is 28.0. The molecule has 6 aromatic rings. The normalized spacial score (nSPS) is 16.8. The zero-order valence-corrected chi connectivity index (χ0v) is 49.0. The number of phenolic OH excluding ortho intramolecular Hbond substituents is 1. The number of likely N-dealkylation sites (tertiary alicyclic amines) is 1. The molecule has 2 unspecified atom stereocenters. The number of amides is 6. The van der Waals surface area contributed by atoms with Gasteiger partial charge in [0.05, 0.1) is 68.2 Å². The van der Waals surface area contributed by atoms with Gasteiger partial charge in [-0.2, -0.15) is 0 Å². The maximum absolute atomic E-state index is 14.5. The van der Waals surface area contributed by atoms with Gasteiger partial charge >= 0.3 is 0 Å². The van der Waals surface area contributed by atoms with Crippen LogP contribution in [0.25, 0.3) is 21.6 Å². The van der Waals surface area contributed by atoms with Gasteiger partial charge in [-0.05, 0) is 76.6 Å². The van der Waals surface area contributed by atoms with Gasteiger partial charge in [-0.1, -0.05) is 69.3 Å². The van der Waals surface area contributed by atoms with Crippen molar-refractivity contribution in [1.29, 1.82) is 0 Å². The highest BCUT2D eigenvalue weighted by Gasteiger charge is 2.45. The Morgan fingerprint density at radius 2 is 1.49 bits per heavy atom. The highest BCUT2D eigenvalue weighted by molar-refractivity contribution is 7.14. The lowest BCUT2D eigenvalue weighted by atomic mass is 9.85. The van der Waals surface area contributed by atoms with Gasteiger partial charge < -0.3 is 54.7 Å². The Morgan fingerprint density at radius 3 is 2.15 bits per heavy atom. The van der Waals surface area contributed by atoms with Crippen LogP contribution in [0.1, 0.15) is 78.8 Å². The van der Waals surface area contributed by atoms with Crippen LogP contribution < -0.4 is 20.9 Å². The second-order valence-corrected chi connectivity index (χ2v) is 23.7. The number of anilines is 2. The molecular formula is C61H70FN9O11S2. The SMILES string of the molecule is Cc1ncsc1-c1ccc(CNC(=O)[C@@H]2C[C@@H](O)CN2C(=O)C(NC(=O)CCOCCOCCOCCC(=O)N2CCN(c3ccc(-c4ccc5c(c4)C(=O)N(C(C(=O)Nc4nccs4)c4cc(F)ccc4O)C5)cc3)CC2)C(C)(C)C)cc1. The number of rotatable bonds is 24. The zero-order valence-electron chi connectivity index (χ0n) is 47.4. The Kier molecular flexibility index (Phi) is 20.2. The number of aliphatic hydroxyl groups excluding tert-OH is 1. The number of ether oxygens (including phenoxy) is 3. The molecule has 0 saturated carbocycles. The molecule has 2 saturated heterocycles. The van der Waals surface area contributed by atoms with E-state index in [9.17, 15) is 43.4 Å². The molecule has 0 bridgehead atoms. The van der Waals surface area contributed by atoms with Gasteiger partial charge in [-0.25, -0.2) is 14.4 Å². The van der Waals surface area contributed by atoms with Crippen LogP contribution in [0.2, 0.25) is 0 Å². The van der Waals surface area contributed by atoms with Gasteiger partial charge in [-0.15, -0.1) is 22.7 Å². The minimum atomic E-state index is -1.33. The van der Waals surface area contributed by atoms with Gasteiger partial charge in [0.25, 0.3) is 11.8 Å². The van der Waals surface area contributed by atoms with E-state index < -0.39 is 53.2 Å². The molecule has 0 aliphatic carbocycles. The third kappa shape index (κ3) is 15.2. The van der Waals surface area contributed by atoms with Crippen molar-refractivity contribution in [3.63, 3.8) is 0 Å². The number of phenols is 1. The summed E-state index contributed by atoms with van der Waals surface area (Å²) >= 11 is 2.76. The summed E-state index contributed by atoms with van der Waals surface area (Å²) in [6.07, 6.45) is 0.956. The van der Waals surface area contributed by atoms with E-state index in [4.69, 9.17) is 14.2 Å². The highest BCUT2D eigenvalue weighted by Crippen LogP contribution is 2.38. The number of nitrogens with zero attached hydrogens (tertiary/aromatic N) is 6. The van der Waals surface area contributed by atoms with Crippen LogP contribution in [-0.2, 0) is 51.3 Å². The van der Waals surface area contributed by atoms with Crippen molar-refractivity contribution in [3.05, 3.63) is 136 Å². The number of nitrogens with one attached hydrogen (secondary N) is 3. The summed E-state index contributed by atoms with van der Waals surface area (Å²) < 4.78 is 31.4. The minimum Gasteiger partial charge on any atom is -0.508 e. The average molecular weight is 1190 g/mol. The molecule has 0 radical (unpaired) electrons. The minimum absolute atomic E-state index is 0.00371. The predicted octanol–water partition coefficient (Wildman–Crippen LogP) is 6.71. The molecule has 5 heterocycles. The molecule has 20 nitrogen and oxygen atoms in total. The summed E-state index contributed by atoms with van der Waals surface area (Å²) in [7, 11) is 0. The van der Waals surface area contributed by atoms with Gasteiger partial charge in [0.2, 0.25) is 23.6 Å². The van der Waals surface area contributed by atoms with E-state index in [0.717, 1.165) is 56.7 Å². The summed E-state index contributed by atoms with van der Waals surface area (Å²) in [5.41, 5.74) is 7.69. The fraction of sp³-hybridized carbons (Fsp3) is 0.410. The molecule has 3 aliphatic heterocycles. The van der Waals surface area contributed by atoms with Crippen LogP contribution in [0, 0.1) is 18.2 Å². The number of fused-ring (bicyclic) bond motifs is 1. The average Bonchev–Trinajstić information content (AvgIpc) is 3.01. The van der Waals surface area contributed by atoms with Crippen molar-refractivity contribution in [2.24, 2.45) is 5.41 Å². The molecule has 23 heteroatoms. The fourth-order valence-corrected chi connectivity index (χ4v) is 11.8. The molecule has 9 rings (SSSR count). The van der Waals surface area contributed by atoms with E-state index in [-0.39, 0.29) is 101 Å². The lowest BCUT2D eigenvalue weighted by molar-refractivity contribution is -0.144. The Labute approximate surface area is 494 Å². The number of β-amino-alcohol motifs (C(OH)–C–C–N with tert-alkyl or cyclic N) is 1. The number of hydrogen-bond acceptors (Lipinski definition) is 16. The van der Waals surface area contributed by atoms with Gasteiger partial charge in [0.15, 0.2) is 5.13 Å². The first kappa shape index (κ1) is 60.9. The molecule has 2 aromatic heterocycles. The maximum Gasteiger partial charge on any atom is 0.255 e. The predicted molar refractivity (Wildman–Crippen MR) is 315 cm³/mol. The molecule has 6 amide bonds. The largest absolute Gasteiger partial charge is 0.508 e. The van der Waals surface area contributed by atoms with Crippen LogP contribution >= 0.6 is 22.7 Å². The number of carbonyl (C=O) groups is 6. The third-order valence-electron chi connectivity index (χ3n) is 15.0. The Hall–Kier alpha value is -7.67. The number of aryl methyl sites for hydroxylation is 1. The van der Waals surface area contributed by atoms with E-state index >= 15 is 0 Å². The standard InChI is InChI=1S/C61H70FN9O11S2/c1-38-54(84-37-65-38)41-7-5-39(6-8-41)34-64-56(76)49-33-46(72)36-70(49)59(79)55(61(2,3)4)66-51(74)17-24-80-26-28-82-29-27-81-25-18-52(75)69-22-20-68(21-23-69)45-14-11-40(12-15-45)42-9-10-43-35-71(58(78)47(43)31-42)53(48-32-44(62)13-16-50(48)73)57(77)67-60-63-19-30-83-60/h5-16,19,30-32,37,46,49,53,55,72-73H,17-18,20-29,33-36H2,1-4H3,(H,64,76)(H,66,74)(H,63,67,77)/t46-,49+,53?,55?/m1/s1. The number of benzene rings is 4. The Bertz CT molecular complexity index is 3280. The topological polar surface area (TPSA) is 245 Å². The van der Waals surface area contributed by atoms with Gasteiger partial charge in [0.1, 0.15) is 29.7 Å². The van der Waals surface area contributed by atoms with Crippen LogP contribution in [0.5, 0.6) is 5.75 Å². The number of thiazole rings is 2. The number of hydrogen-bond donors (Lipinski definition) is 5. The summed E-state index contributed by atoms with van der Waals surface area (Å²) in [6, 6.07) is 21.5. The number of aromatic nitrogens is 2. The van der Waals surface area contributed by atoms with Crippen LogP contribution in [0.3, 0.4) is 0 Å². The molecule has 2 fully saturated rings. The first-order chi connectivity index (χ1) is 40.4. The van der Waals surface area contributed by atoms with Crippen molar-refractivity contribution >= 4 is 68.9 Å². The lowest BCUT2D eigenvalue weighted by Gasteiger charge is -2.36. The van der Waals surface area contributed by atoms with Crippen molar-refractivity contribution in [2.45, 2.75) is 84.3 Å². The summed E-state index contributed by atoms with van der Waals surface area (Å²) in [5.74, 6) is -3.25. The smallest absolute Gasteiger partial charge is 0.255 e. The van der Waals surface area contributed by atoms with E-state index in [1.165, 1.54) is 27.3 Å². The number of halogens is 1. The van der Waals surface area contributed by atoms with E-state index in [1.54, 1.807) is 28.3 Å². The monoisotopic (exact) mass is 1190 g/mol. The fourth-order valence-electron chi connectivity index (χ4n) is 10.5. The summed E-state index contributed by atoms with van der Waals surface area (Å²) in [4.78, 5) is 97.6. The second kappa shape index (κ2) is 27.8. The number of piperazine rings is 1. The van der Waals surface area contributed by atoms with Crippen molar-refractivity contribution in [2.75, 3.05) is 82.6 Å². The number of aromatic hydroxyl groups is 1. The molecule has 5 N–H and O–H groups in total. The highest BCUT2D eigenvalue weighted by atomic mass is 32.1. The van der Waals surface area contributed by atoms with Crippen LogP contribution in [0.4, 0.5) is 15.2 Å². The molecule has 4 atom stereocenters. The first-order valence-corrected chi connectivity index (χ1v) is 29.7. The molecule has 0 spiro atoms. The summed E-state index contributed by atoms with van der Waals surface area (Å²) in [6.45, 7) is 11.5. The van der Waals surface area contributed by atoms with Crippen molar-refractivity contribution in [3.8, 4) is 27.3 Å². The van der Waals surface area contributed by atoms with Crippen LogP contribution in [0.15, 0.2) is 102 Å². The van der Waals surface area contributed by atoms with Crippen molar-refractivity contribution in [1.82, 2.24) is 35.3 Å². The quantitative estimate of drug-likeness (QED) is 0.0396. The molecular weight excluding hydrogens is 1120 g/mol. The second-order valence-electron chi connectivity index (χ2n) is 21.9. The van der Waals surface area contributed by atoms with Gasteiger partial charge in [-0.3, -0.25) is 34.1 Å². The maximum atomic E-state index is 14.5. The van der Waals surface area contributed by atoms with Crippen molar-refractivity contribution < 1.29 is 57.6 Å². The molecule has 4 aromatic carbocycles. The van der Waals surface area contributed by atoms with Crippen LogP contribution in [-0.4, -0.2) is 161 Å². The number of aliphatic hydroxyl groups is 1. The lowest BCUT2D eigenvalue weighted by Crippen LogP contribution is -2.57. The van der Waals surface area contributed by atoms with E-state index in [0.29, 0.717) is 49.0 Å². The van der Waals surface area contributed by atoms with E-state index in [1.807, 2.05) is 93.3 Å². The Balaban J connectivity index is 0.635. The van der Waals surface area contributed by atoms with E-state index in [2.05, 4.69) is 30.8 Å². The van der Waals surface area contributed by atoms with Gasteiger partial charge in [0, 0.05) is 87.0 Å².